The average Bonchev–Trinajstić information content (AvgIpc) is 2.54. The lowest BCUT2D eigenvalue weighted by molar-refractivity contribution is -0.126. The van der Waals surface area contributed by atoms with E-state index in [1.807, 2.05) is 35.2 Å². The number of para-hydroxylation sites is 1. The number of benzene rings is 1. The fourth-order valence-corrected chi connectivity index (χ4v) is 1.99. The molecule has 0 bridgehead atoms. The van der Waals surface area contributed by atoms with Gasteiger partial charge in [0.1, 0.15) is 0 Å². The van der Waals surface area contributed by atoms with E-state index >= 15 is 0 Å². The smallest absolute Gasteiger partial charge is 0.248 e. The molecule has 4 nitrogen and oxygen atoms in total. The molecule has 0 fully saturated rings. The number of amides is 2. The molecule has 0 unspecified atom stereocenters. The summed E-state index contributed by atoms with van der Waals surface area (Å²) in [5.74, 6) is -0.379. The summed E-state index contributed by atoms with van der Waals surface area (Å²) in [6, 6.07) is 9.20. The third-order valence-electron chi connectivity index (χ3n) is 3.29. The first kappa shape index (κ1) is 18.0. The van der Waals surface area contributed by atoms with Crippen LogP contribution in [0.3, 0.4) is 0 Å². The first-order valence-electron chi connectivity index (χ1n) is 8.00. The van der Waals surface area contributed by atoms with E-state index in [4.69, 9.17) is 0 Å². The van der Waals surface area contributed by atoms with Crippen LogP contribution in [-0.4, -0.2) is 29.8 Å². The second-order valence-corrected chi connectivity index (χ2v) is 5.22. The fraction of sp³-hybridized carbons (Fsp3) is 0.444. The van der Waals surface area contributed by atoms with Gasteiger partial charge in [-0.15, -0.1) is 0 Å². The van der Waals surface area contributed by atoms with Crippen molar-refractivity contribution < 1.29 is 9.59 Å². The number of carbonyl (C=O) groups is 2. The lowest BCUT2D eigenvalue weighted by Gasteiger charge is -2.20. The number of nitrogens with one attached hydrogen (secondary N) is 1. The van der Waals surface area contributed by atoms with Crippen molar-refractivity contribution in [3.8, 4) is 0 Å². The standard InChI is InChI=1S/C18H26N2O2/c1-3-5-14-20(15-6-4-2)18(22)13-12-17(21)19-16-10-8-7-9-11-16/h7-13H,3-6,14-15H2,1-2H3,(H,19,21). The molecule has 1 N–H and O–H groups in total. The van der Waals surface area contributed by atoms with E-state index < -0.39 is 0 Å². The molecule has 0 heterocycles. The summed E-state index contributed by atoms with van der Waals surface area (Å²) in [5.41, 5.74) is 0.721. The minimum atomic E-state index is -0.287. The molecule has 0 aliphatic rings. The molecule has 0 atom stereocenters. The van der Waals surface area contributed by atoms with Gasteiger partial charge in [-0.2, -0.15) is 0 Å². The number of unbranched alkanes of at least 4 members (excludes halogenated alkanes) is 2. The monoisotopic (exact) mass is 302 g/mol. The lowest BCUT2D eigenvalue weighted by atomic mass is 10.2. The van der Waals surface area contributed by atoms with Crippen molar-refractivity contribution in [3.05, 3.63) is 42.5 Å². The van der Waals surface area contributed by atoms with E-state index in [1.165, 1.54) is 12.2 Å². The molecule has 2 amide bonds. The maximum Gasteiger partial charge on any atom is 0.248 e. The summed E-state index contributed by atoms with van der Waals surface area (Å²) >= 11 is 0. The molecule has 1 aromatic rings. The number of rotatable bonds is 9. The zero-order valence-corrected chi connectivity index (χ0v) is 13.5. The highest BCUT2D eigenvalue weighted by molar-refractivity contribution is 6.03. The molecule has 0 spiro atoms. The average molecular weight is 302 g/mol. The Bertz CT molecular complexity index is 475. The molecule has 1 rings (SSSR count). The van der Waals surface area contributed by atoms with Gasteiger partial charge in [0.2, 0.25) is 11.8 Å². The quantitative estimate of drug-likeness (QED) is 0.708. The Hall–Kier alpha value is -2.10. The highest BCUT2D eigenvalue weighted by Gasteiger charge is 2.09. The Morgan fingerprint density at radius 3 is 2.14 bits per heavy atom. The first-order chi connectivity index (χ1) is 10.7. The van der Waals surface area contributed by atoms with Gasteiger partial charge < -0.3 is 10.2 Å². The van der Waals surface area contributed by atoms with E-state index in [2.05, 4.69) is 19.2 Å². The lowest BCUT2D eigenvalue weighted by Crippen LogP contribution is -2.31. The van der Waals surface area contributed by atoms with Crippen molar-refractivity contribution in [2.75, 3.05) is 18.4 Å². The van der Waals surface area contributed by atoms with Crippen LogP contribution in [0.15, 0.2) is 42.5 Å². The van der Waals surface area contributed by atoms with Crippen molar-refractivity contribution in [2.24, 2.45) is 0 Å². The van der Waals surface area contributed by atoms with Gasteiger partial charge >= 0.3 is 0 Å². The highest BCUT2D eigenvalue weighted by Crippen LogP contribution is 2.05. The van der Waals surface area contributed by atoms with Gasteiger partial charge in [-0.1, -0.05) is 44.9 Å². The molecule has 0 aliphatic heterocycles. The maximum atomic E-state index is 12.2. The van der Waals surface area contributed by atoms with Crippen molar-refractivity contribution in [1.82, 2.24) is 4.90 Å². The zero-order valence-electron chi connectivity index (χ0n) is 13.5. The molecular weight excluding hydrogens is 276 g/mol. The topological polar surface area (TPSA) is 49.4 Å². The summed E-state index contributed by atoms with van der Waals surface area (Å²) < 4.78 is 0. The summed E-state index contributed by atoms with van der Waals surface area (Å²) in [6.07, 6.45) is 6.74. The zero-order chi connectivity index (χ0) is 16.2. The maximum absolute atomic E-state index is 12.2. The predicted molar refractivity (Wildman–Crippen MR) is 90.6 cm³/mol. The van der Waals surface area contributed by atoms with Gasteiger partial charge in [-0.25, -0.2) is 0 Å². The third kappa shape index (κ3) is 7.07. The Kier molecular flexibility index (Phi) is 8.65. The molecule has 0 radical (unpaired) electrons. The first-order valence-corrected chi connectivity index (χ1v) is 8.00. The van der Waals surface area contributed by atoms with Crippen molar-refractivity contribution in [1.29, 1.82) is 0 Å². The Labute approximate surface area is 133 Å². The van der Waals surface area contributed by atoms with Crippen molar-refractivity contribution in [2.45, 2.75) is 39.5 Å². The second-order valence-electron chi connectivity index (χ2n) is 5.22. The minimum absolute atomic E-state index is 0.0925. The normalized spacial score (nSPS) is 10.6. The van der Waals surface area contributed by atoms with E-state index in [0.29, 0.717) is 0 Å². The van der Waals surface area contributed by atoms with Crippen molar-refractivity contribution >= 4 is 17.5 Å². The molecule has 120 valence electrons. The molecule has 0 saturated heterocycles. The predicted octanol–water partition coefficient (Wildman–Crippen LogP) is 3.61. The van der Waals surface area contributed by atoms with E-state index in [0.717, 1.165) is 44.5 Å². The molecule has 0 aromatic heterocycles. The fourth-order valence-electron chi connectivity index (χ4n) is 1.99. The van der Waals surface area contributed by atoms with E-state index in [-0.39, 0.29) is 11.8 Å². The van der Waals surface area contributed by atoms with Crippen LogP contribution in [0.2, 0.25) is 0 Å². The van der Waals surface area contributed by atoms with Gasteiger partial charge in [0.15, 0.2) is 0 Å². The molecular formula is C18H26N2O2. The molecule has 1 aromatic carbocycles. The number of hydrogen-bond acceptors (Lipinski definition) is 2. The van der Waals surface area contributed by atoms with Crippen LogP contribution >= 0.6 is 0 Å². The Morgan fingerprint density at radius 2 is 1.59 bits per heavy atom. The van der Waals surface area contributed by atoms with Crippen LogP contribution in [0.1, 0.15) is 39.5 Å². The third-order valence-corrected chi connectivity index (χ3v) is 3.29. The van der Waals surface area contributed by atoms with Gasteiger partial charge in [0.25, 0.3) is 0 Å². The molecule has 0 saturated carbocycles. The van der Waals surface area contributed by atoms with E-state index in [1.54, 1.807) is 0 Å². The minimum Gasteiger partial charge on any atom is -0.339 e. The summed E-state index contributed by atoms with van der Waals surface area (Å²) in [7, 11) is 0. The van der Waals surface area contributed by atoms with Crippen LogP contribution in [-0.2, 0) is 9.59 Å². The number of hydrogen-bond donors (Lipinski definition) is 1. The molecule has 0 aliphatic carbocycles. The largest absolute Gasteiger partial charge is 0.339 e. The van der Waals surface area contributed by atoms with Gasteiger partial charge in [-0.3, -0.25) is 9.59 Å². The second kappa shape index (κ2) is 10.6. The van der Waals surface area contributed by atoms with Crippen LogP contribution in [0.5, 0.6) is 0 Å². The highest BCUT2D eigenvalue weighted by atomic mass is 16.2. The summed E-state index contributed by atoms with van der Waals surface area (Å²) in [5, 5.41) is 2.73. The summed E-state index contributed by atoms with van der Waals surface area (Å²) in [4.78, 5) is 25.8. The number of carbonyl (C=O) groups excluding carboxylic acids is 2. The molecule has 22 heavy (non-hydrogen) atoms. The Morgan fingerprint density at radius 1 is 1.00 bits per heavy atom. The van der Waals surface area contributed by atoms with Crippen LogP contribution in [0.25, 0.3) is 0 Å². The Balaban J connectivity index is 2.53. The number of nitrogens with zero attached hydrogens (tertiary/aromatic N) is 1. The number of anilines is 1. The van der Waals surface area contributed by atoms with Crippen LogP contribution in [0.4, 0.5) is 5.69 Å². The van der Waals surface area contributed by atoms with Gasteiger partial charge in [0.05, 0.1) is 0 Å². The van der Waals surface area contributed by atoms with Crippen molar-refractivity contribution in [3.63, 3.8) is 0 Å². The van der Waals surface area contributed by atoms with Crippen LogP contribution in [0, 0.1) is 0 Å². The van der Waals surface area contributed by atoms with E-state index in [9.17, 15) is 9.59 Å². The van der Waals surface area contributed by atoms with Gasteiger partial charge in [-0.05, 0) is 25.0 Å². The SMILES string of the molecule is CCCCN(CCCC)C(=O)C=CC(=O)Nc1ccccc1. The molecule has 4 heteroatoms. The van der Waals surface area contributed by atoms with Gasteiger partial charge in [0, 0.05) is 30.9 Å². The summed E-state index contributed by atoms with van der Waals surface area (Å²) in [6.45, 7) is 5.71. The van der Waals surface area contributed by atoms with Crippen LogP contribution < -0.4 is 5.32 Å².